The van der Waals surface area contributed by atoms with Crippen molar-refractivity contribution in [1.82, 2.24) is 9.38 Å². The van der Waals surface area contributed by atoms with Crippen LogP contribution in [-0.4, -0.2) is 14.3 Å². The van der Waals surface area contributed by atoms with Gasteiger partial charge in [0, 0.05) is 12.1 Å². The minimum Gasteiger partial charge on any atom is -0.267 e. The first-order chi connectivity index (χ1) is 11.9. The summed E-state index contributed by atoms with van der Waals surface area (Å²) in [6, 6.07) is 10.2. The summed E-state index contributed by atoms with van der Waals surface area (Å²) in [5.74, 6) is 0. The van der Waals surface area contributed by atoms with Gasteiger partial charge in [-0.2, -0.15) is 0 Å². The van der Waals surface area contributed by atoms with Crippen LogP contribution in [0.3, 0.4) is 0 Å². The fourth-order valence-electron chi connectivity index (χ4n) is 2.80. The van der Waals surface area contributed by atoms with Gasteiger partial charge in [0.1, 0.15) is 0 Å². The minimum atomic E-state index is -0.449. The average Bonchev–Trinajstić information content (AvgIpc) is 3.05. The van der Waals surface area contributed by atoms with E-state index in [0.717, 1.165) is 22.2 Å². The number of hydrogen-bond donors (Lipinski definition) is 0. The van der Waals surface area contributed by atoms with Crippen LogP contribution in [0.5, 0.6) is 0 Å². The van der Waals surface area contributed by atoms with Crippen molar-refractivity contribution >= 4 is 39.1 Å². The number of benzene rings is 2. The van der Waals surface area contributed by atoms with Crippen molar-refractivity contribution in [2.75, 3.05) is 0 Å². The third kappa shape index (κ3) is 2.49. The van der Waals surface area contributed by atoms with E-state index in [1.807, 2.05) is 26.0 Å². The molecule has 0 amide bonds. The molecule has 0 saturated heterocycles. The number of non-ortho nitro benzene ring substituents is 1. The average molecular weight is 351 g/mol. The summed E-state index contributed by atoms with van der Waals surface area (Å²) in [5, 5.41) is 10.9. The molecule has 25 heavy (non-hydrogen) atoms. The Bertz CT molecular complexity index is 1270. The lowest BCUT2D eigenvalue weighted by atomic mass is 10.1. The number of thiazole rings is 1. The van der Waals surface area contributed by atoms with Gasteiger partial charge in [0.2, 0.25) is 0 Å². The third-order valence-electron chi connectivity index (χ3n) is 4.23. The van der Waals surface area contributed by atoms with E-state index in [1.54, 1.807) is 22.6 Å². The Morgan fingerprint density at radius 1 is 1.20 bits per heavy atom. The number of aromatic nitrogens is 2. The second-order valence-corrected chi connectivity index (χ2v) is 6.93. The number of nitro benzene ring substituents is 1. The van der Waals surface area contributed by atoms with E-state index >= 15 is 0 Å². The zero-order valence-corrected chi connectivity index (χ0v) is 14.3. The van der Waals surface area contributed by atoms with E-state index in [2.05, 4.69) is 4.98 Å². The first-order valence-electron chi connectivity index (χ1n) is 7.62. The van der Waals surface area contributed by atoms with Gasteiger partial charge in [-0.3, -0.25) is 14.9 Å². The quantitative estimate of drug-likeness (QED) is 0.411. The van der Waals surface area contributed by atoms with Gasteiger partial charge in [0.05, 0.1) is 20.5 Å². The highest BCUT2D eigenvalue weighted by Crippen LogP contribution is 2.21. The van der Waals surface area contributed by atoms with Crippen LogP contribution in [0.15, 0.2) is 41.2 Å². The molecule has 4 rings (SSSR count). The van der Waals surface area contributed by atoms with Crippen LogP contribution in [0.4, 0.5) is 5.69 Å². The summed E-state index contributed by atoms with van der Waals surface area (Å²) >= 11 is 1.28. The standard InChI is InChI=1S/C18H13N3O3S/c1-10-6-14-15(7-11(10)2)20-17(22)16(25-18(20)19-14)9-12-4-3-5-13(8-12)21(23)24/h3-9H,1-2H3/b16-9-. The number of nitro groups is 1. The van der Waals surface area contributed by atoms with Crippen molar-refractivity contribution in [2.24, 2.45) is 0 Å². The summed E-state index contributed by atoms with van der Waals surface area (Å²) in [5.41, 5.74) is 4.29. The highest BCUT2D eigenvalue weighted by Gasteiger charge is 2.12. The second kappa shape index (κ2) is 5.49. The molecule has 2 aromatic heterocycles. The molecule has 0 spiro atoms. The highest BCUT2D eigenvalue weighted by atomic mass is 32.1. The van der Waals surface area contributed by atoms with Crippen molar-refractivity contribution in [3.63, 3.8) is 0 Å². The fourth-order valence-corrected chi connectivity index (χ4v) is 3.78. The van der Waals surface area contributed by atoms with E-state index in [9.17, 15) is 14.9 Å². The molecule has 0 aliphatic heterocycles. The summed E-state index contributed by atoms with van der Waals surface area (Å²) in [7, 11) is 0. The fraction of sp³-hybridized carbons (Fsp3) is 0.111. The molecule has 0 saturated carbocycles. The molecule has 4 aromatic rings. The Balaban J connectivity index is 1.96. The van der Waals surface area contributed by atoms with Gasteiger partial charge in [-0.05, 0) is 48.7 Å². The summed E-state index contributed by atoms with van der Waals surface area (Å²) < 4.78 is 2.11. The molecule has 0 fully saturated rings. The van der Waals surface area contributed by atoms with Gasteiger partial charge in [0.25, 0.3) is 11.2 Å². The molecule has 0 bridgehead atoms. The molecule has 6 nitrogen and oxygen atoms in total. The monoisotopic (exact) mass is 351 g/mol. The molecule has 2 heterocycles. The molecule has 0 radical (unpaired) electrons. The summed E-state index contributed by atoms with van der Waals surface area (Å²) in [4.78, 5) is 28.4. The Hall–Kier alpha value is -3.06. The Labute approximate surface area is 145 Å². The predicted octanol–water partition coefficient (Wildman–Crippen LogP) is 2.98. The van der Waals surface area contributed by atoms with Crippen LogP contribution in [0.2, 0.25) is 0 Å². The van der Waals surface area contributed by atoms with Crippen molar-refractivity contribution in [1.29, 1.82) is 0 Å². The number of nitrogens with zero attached hydrogens (tertiary/aromatic N) is 3. The van der Waals surface area contributed by atoms with Crippen molar-refractivity contribution in [3.8, 4) is 0 Å². The first-order valence-corrected chi connectivity index (χ1v) is 8.44. The molecule has 0 unspecified atom stereocenters. The SMILES string of the molecule is Cc1cc2nc3s/c(=C\c4cccc([N+](=O)[O-])c4)c(=O)n3c2cc1C. The molecule has 124 valence electrons. The highest BCUT2D eigenvalue weighted by molar-refractivity contribution is 7.15. The first kappa shape index (κ1) is 15.5. The van der Waals surface area contributed by atoms with Crippen LogP contribution >= 0.6 is 11.3 Å². The number of aryl methyl sites for hydroxylation is 2. The molecule has 0 N–H and O–H groups in total. The van der Waals surface area contributed by atoms with Crippen LogP contribution in [-0.2, 0) is 0 Å². The van der Waals surface area contributed by atoms with Crippen LogP contribution in [0, 0.1) is 24.0 Å². The Morgan fingerprint density at radius 3 is 2.72 bits per heavy atom. The van der Waals surface area contributed by atoms with E-state index in [4.69, 9.17) is 0 Å². The molecule has 0 aliphatic rings. The van der Waals surface area contributed by atoms with Gasteiger partial charge < -0.3 is 0 Å². The summed E-state index contributed by atoms with van der Waals surface area (Å²) in [6.07, 6.45) is 1.67. The minimum absolute atomic E-state index is 0.000850. The van der Waals surface area contributed by atoms with Crippen molar-refractivity contribution < 1.29 is 4.92 Å². The van der Waals surface area contributed by atoms with Gasteiger partial charge in [-0.15, -0.1) is 0 Å². The Morgan fingerprint density at radius 2 is 1.96 bits per heavy atom. The van der Waals surface area contributed by atoms with E-state index in [-0.39, 0.29) is 11.2 Å². The number of imidazole rings is 1. The lowest BCUT2D eigenvalue weighted by Gasteiger charge is -1.98. The van der Waals surface area contributed by atoms with Crippen molar-refractivity contribution in [2.45, 2.75) is 13.8 Å². The maximum atomic E-state index is 12.8. The summed E-state index contributed by atoms with van der Waals surface area (Å²) in [6.45, 7) is 4.02. The normalized spacial score (nSPS) is 12.3. The smallest absolute Gasteiger partial charge is 0.267 e. The molecule has 7 heteroatoms. The van der Waals surface area contributed by atoms with Crippen LogP contribution < -0.4 is 10.1 Å². The lowest BCUT2D eigenvalue weighted by molar-refractivity contribution is -0.384. The lowest BCUT2D eigenvalue weighted by Crippen LogP contribution is -2.22. The molecule has 0 atom stereocenters. The second-order valence-electron chi connectivity index (χ2n) is 5.92. The predicted molar refractivity (Wildman–Crippen MR) is 98.2 cm³/mol. The molecule has 2 aromatic carbocycles. The molecule has 0 aliphatic carbocycles. The van der Waals surface area contributed by atoms with Crippen LogP contribution in [0.1, 0.15) is 16.7 Å². The van der Waals surface area contributed by atoms with Crippen molar-refractivity contribution in [3.05, 3.63) is 78.1 Å². The van der Waals surface area contributed by atoms with Gasteiger partial charge >= 0.3 is 0 Å². The van der Waals surface area contributed by atoms with Gasteiger partial charge in [0.15, 0.2) is 4.96 Å². The number of hydrogen-bond acceptors (Lipinski definition) is 5. The zero-order chi connectivity index (χ0) is 17.7. The van der Waals surface area contributed by atoms with Gasteiger partial charge in [-0.1, -0.05) is 23.5 Å². The third-order valence-corrected chi connectivity index (χ3v) is 5.20. The largest absolute Gasteiger partial charge is 0.274 e. The van der Waals surface area contributed by atoms with E-state index in [1.165, 1.54) is 23.5 Å². The zero-order valence-electron chi connectivity index (χ0n) is 13.5. The maximum absolute atomic E-state index is 12.8. The maximum Gasteiger partial charge on any atom is 0.274 e. The van der Waals surface area contributed by atoms with E-state index < -0.39 is 4.92 Å². The number of rotatable bonds is 2. The van der Waals surface area contributed by atoms with E-state index in [0.29, 0.717) is 15.1 Å². The topological polar surface area (TPSA) is 77.5 Å². The van der Waals surface area contributed by atoms with Gasteiger partial charge in [-0.25, -0.2) is 9.38 Å². The Kier molecular flexibility index (Phi) is 3.40. The van der Waals surface area contributed by atoms with Crippen LogP contribution in [0.25, 0.3) is 22.1 Å². The molecular weight excluding hydrogens is 338 g/mol. The molecular formula is C18H13N3O3S. The number of fused-ring (bicyclic) bond motifs is 3.